The molecule has 6 heteroatoms. The molecule has 1 aromatic carbocycles. The van der Waals surface area contributed by atoms with Crippen molar-refractivity contribution < 1.29 is 4.79 Å². The maximum Gasteiger partial charge on any atom is 0.272 e. The molecular weight excluding hydrogens is 314 g/mol. The summed E-state index contributed by atoms with van der Waals surface area (Å²) < 4.78 is 0. The third-order valence-corrected chi connectivity index (χ3v) is 4.79. The van der Waals surface area contributed by atoms with E-state index in [0.29, 0.717) is 18.8 Å². The number of anilines is 1. The number of fused-ring (bicyclic) bond motifs is 1. The lowest BCUT2D eigenvalue weighted by Gasteiger charge is -2.36. The molecule has 1 fully saturated rings. The first kappa shape index (κ1) is 15.6. The van der Waals surface area contributed by atoms with Gasteiger partial charge in [0.05, 0.1) is 22.6 Å². The van der Waals surface area contributed by atoms with Gasteiger partial charge in [-0.25, -0.2) is 4.98 Å². The Morgan fingerprint density at radius 3 is 2.52 bits per heavy atom. The van der Waals surface area contributed by atoms with Crippen molar-refractivity contribution in [2.24, 2.45) is 0 Å². The van der Waals surface area contributed by atoms with Crippen molar-refractivity contribution in [3.63, 3.8) is 0 Å². The van der Waals surface area contributed by atoms with E-state index in [1.54, 1.807) is 0 Å². The van der Waals surface area contributed by atoms with E-state index in [4.69, 9.17) is 0 Å². The molecule has 4 rings (SSSR count). The highest BCUT2D eigenvalue weighted by Crippen LogP contribution is 2.23. The number of aromatic nitrogens is 3. The second-order valence-corrected chi connectivity index (χ2v) is 6.45. The number of benzene rings is 1. The average Bonchev–Trinajstić information content (AvgIpc) is 2.99. The highest BCUT2D eigenvalue weighted by atomic mass is 16.2. The smallest absolute Gasteiger partial charge is 0.272 e. The zero-order chi connectivity index (χ0) is 17.4. The van der Waals surface area contributed by atoms with Gasteiger partial charge in [0.2, 0.25) is 0 Å². The molecule has 1 aliphatic heterocycles. The minimum absolute atomic E-state index is 0.00559. The first-order valence-electron chi connectivity index (χ1n) is 8.55. The van der Waals surface area contributed by atoms with Gasteiger partial charge in [-0.05, 0) is 26.0 Å². The lowest BCUT2D eigenvalue weighted by molar-refractivity contribution is 0.0741. The van der Waals surface area contributed by atoms with E-state index in [2.05, 4.69) is 20.1 Å². The van der Waals surface area contributed by atoms with Crippen LogP contribution in [0.3, 0.4) is 0 Å². The normalized spacial score (nSPS) is 15.0. The summed E-state index contributed by atoms with van der Waals surface area (Å²) >= 11 is 0. The molecule has 0 aliphatic carbocycles. The Balaban J connectivity index is 1.49. The highest BCUT2D eigenvalue weighted by molar-refractivity contribution is 5.95. The van der Waals surface area contributed by atoms with Crippen LogP contribution in [0, 0.1) is 13.8 Å². The van der Waals surface area contributed by atoms with Crippen LogP contribution in [-0.4, -0.2) is 52.2 Å². The third-order valence-electron chi connectivity index (χ3n) is 4.79. The topological polar surface area (TPSA) is 65.1 Å². The number of H-pyrrole nitrogens is 1. The minimum Gasteiger partial charge on any atom is -0.365 e. The molecule has 128 valence electrons. The van der Waals surface area contributed by atoms with Gasteiger partial charge in [0.25, 0.3) is 5.91 Å². The van der Waals surface area contributed by atoms with Crippen molar-refractivity contribution >= 4 is 22.5 Å². The number of pyridine rings is 1. The maximum atomic E-state index is 12.8. The predicted octanol–water partition coefficient (Wildman–Crippen LogP) is 2.54. The van der Waals surface area contributed by atoms with Crippen LogP contribution < -0.4 is 4.90 Å². The van der Waals surface area contributed by atoms with E-state index in [9.17, 15) is 4.79 Å². The summed E-state index contributed by atoms with van der Waals surface area (Å²) in [6, 6.07) is 11.6. The van der Waals surface area contributed by atoms with E-state index in [1.165, 1.54) is 0 Å². The van der Waals surface area contributed by atoms with E-state index in [1.807, 2.05) is 55.1 Å². The van der Waals surface area contributed by atoms with Crippen molar-refractivity contribution in [1.29, 1.82) is 0 Å². The van der Waals surface area contributed by atoms with Crippen LogP contribution in [0.15, 0.2) is 36.4 Å². The summed E-state index contributed by atoms with van der Waals surface area (Å²) in [5.74, 6) is 0.00559. The molecule has 1 amide bonds. The number of nitrogens with one attached hydrogen (secondary N) is 1. The summed E-state index contributed by atoms with van der Waals surface area (Å²) in [4.78, 5) is 21.5. The first-order chi connectivity index (χ1) is 12.1. The van der Waals surface area contributed by atoms with Gasteiger partial charge in [0.15, 0.2) is 0 Å². The zero-order valence-electron chi connectivity index (χ0n) is 14.5. The molecule has 0 atom stereocenters. The largest absolute Gasteiger partial charge is 0.365 e. The summed E-state index contributed by atoms with van der Waals surface area (Å²) in [7, 11) is 0. The van der Waals surface area contributed by atoms with Crippen LogP contribution in [-0.2, 0) is 0 Å². The Bertz CT molecular complexity index is 905. The van der Waals surface area contributed by atoms with E-state index < -0.39 is 0 Å². The molecular formula is C19H21N5O. The molecule has 3 heterocycles. The van der Waals surface area contributed by atoms with Crippen LogP contribution in [0.2, 0.25) is 0 Å². The Kier molecular flexibility index (Phi) is 3.87. The summed E-state index contributed by atoms with van der Waals surface area (Å²) in [5, 5.41) is 8.34. The lowest BCUT2D eigenvalue weighted by Crippen LogP contribution is -2.49. The van der Waals surface area contributed by atoms with E-state index in [-0.39, 0.29) is 5.91 Å². The zero-order valence-corrected chi connectivity index (χ0v) is 14.5. The molecule has 25 heavy (non-hydrogen) atoms. The number of nitrogens with zero attached hydrogens (tertiary/aromatic N) is 4. The molecule has 0 unspecified atom stereocenters. The third kappa shape index (κ3) is 2.84. The maximum absolute atomic E-state index is 12.8. The number of para-hydroxylation sites is 1. The second kappa shape index (κ2) is 6.20. The molecule has 0 radical (unpaired) electrons. The van der Waals surface area contributed by atoms with Gasteiger partial charge in [-0.3, -0.25) is 9.89 Å². The Hall–Kier alpha value is -2.89. The lowest BCUT2D eigenvalue weighted by atomic mass is 10.2. The number of carbonyl (C=O) groups excluding carboxylic acids is 1. The molecule has 0 bridgehead atoms. The second-order valence-electron chi connectivity index (χ2n) is 6.45. The molecule has 1 N–H and O–H groups in total. The number of rotatable bonds is 2. The number of piperazine rings is 1. The number of hydrogen-bond acceptors (Lipinski definition) is 4. The van der Waals surface area contributed by atoms with Gasteiger partial charge >= 0.3 is 0 Å². The van der Waals surface area contributed by atoms with Crippen molar-refractivity contribution in [2.75, 3.05) is 31.1 Å². The number of amides is 1. The average molecular weight is 335 g/mol. The van der Waals surface area contributed by atoms with Gasteiger partial charge in [0.1, 0.15) is 5.69 Å². The monoisotopic (exact) mass is 335 g/mol. The molecule has 0 spiro atoms. The van der Waals surface area contributed by atoms with E-state index in [0.717, 1.165) is 41.1 Å². The highest BCUT2D eigenvalue weighted by Gasteiger charge is 2.25. The fourth-order valence-electron chi connectivity index (χ4n) is 3.49. The Morgan fingerprint density at radius 1 is 1.04 bits per heavy atom. The van der Waals surface area contributed by atoms with Gasteiger partial charge in [-0.15, -0.1) is 0 Å². The first-order valence-corrected chi connectivity index (χ1v) is 8.55. The van der Waals surface area contributed by atoms with Crippen LogP contribution in [0.25, 0.3) is 10.9 Å². The molecule has 0 saturated carbocycles. The predicted molar refractivity (Wildman–Crippen MR) is 97.9 cm³/mol. The quantitative estimate of drug-likeness (QED) is 0.782. The number of aryl methyl sites for hydroxylation is 2. The molecule has 2 aromatic heterocycles. The van der Waals surface area contributed by atoms with E-state index >= 15 is 0 Å². The van der Waals surface area contributed by atoms with Crippen molar-refractivity contribution in [3.05, 3.63) is 53.5 Å². The van der Waals surface area contributed by atoms with Crippen molar-refractivity contribution in [2.45, 2.75) is 13.8 Å². The van der Waals surface area contributed by atoms with Gasteiger partial charge in [-0.2, -0.15) is 5.10 Å². The van der Waals surface area contributed by atoms with Gasteiger partial charge in [-0.1, -0.05) is 24.3 Å². The molecule has 3 aromatic rings. The Labute approximate surface area is 146 Å². The Morgan fingerprint density at radius 2 is 1.80 bits per heavy atom. The fraction of sp³-hybridized carbons (Fsp3) is 0.316. The van der Waals surface area contributed by atoms with Crippen LogP contribution in [0.1, 0.15) is 21.9 Å². The number of hydrogen-bond donors (Lipinski definition) is 1. The van der Waals surface area contributed by atoms with Crippen molar-refractivity contribution in [3.8, 4) is 0 Å². The standard InChI is InChI=1S/C19H21N5O/c1-13-18(14(2)22-21-13)23-9-11-24(12-10-23)19(25)17-8-7-15-5-3-4-6-16(15)20-17/h3-8H,9-12H2,1-2H3,(H,21,22). The molecule has 6 nitrogen and oxygen atoms in total. The number of aromatic amines is 1. The molecule has 1 aliphatic rings. The summed E-state index contributed by atoms with van der Waals surface area (Å²) in [6.45, 7) is 7.04. The SMILES string of the molecule is Cc1n[nH]c(C)c1N1CCN(C(=O)c2ccc3ccccc3n2)CC1. The van der Waals surface area contributed by atoms with Crippen LogP contribution >= 0.6 is 0 Å². The fourth-order valence-corrected chi connectivity index (χ4v) is 3.49. The van der Waals surface area contributed by atoms with Crippen molar-refractivity contribution in [1.82, 2.24) is 20.1 Å². The summed E-state index contributed by atoms with van der Waals surface area (Å²) in [5.41, 5.74) is 4.62. The number of carbonyl (C=O) groups is 1. The van der Waals surface area contributed by atoms with Crippen LogP contribution in [0.5, 0.6) is 0 Å². The van der Waals surface area contributed by atoms with Crippen LogP contribution in [0.4, 0.5) is 5.69 Å². The molecule has 1 saturated heterocycles. The summed E-state index contributed by atoms with van der Waals surface area (Å²) in [6.07, 6.45) is 0. The van der Waals surface area contributed by atoms with Gasteiger partial charge in [0, 0.05) is 31.6 Å². The van der Waals surface area contributed by atoms with Gasteiger partial charge < -0.3 is 9.80 Å². The minimum atomic E-state index is 0.00559.